The summed E-state index contributed by atoms with van der Waals surface area (Å²) in [6.45, 7) is 18.0. The van der Waals surface area contributed by atoms with Crippen LogP contribution in [0.25, 0.3) is 32.4 Å². The van der Waals surface area contributed by atoms with E-state index in [9.17, 15) is 0 Å². The molecule has 0 spiro atoms. The number of fused-ring (bicyclic) bond motifs is 2. The van der Waals surface area contributed by atoms with Crippen molar-refractivity contribution in [3.63, 3.8) is 0 Å². The Morgan fingerprint density at radius 3 is 1.98 bits per heavy atom. The van der Waals surface area contributed by atoms with Crippen LogP contribution in [0.2, 0.25) is 0 Å². The molecule has 1 aliphatic heterocycles. The van der Waals surface area contributed by atoms with E-state index < -0.39 is 0 Å². The largest absolute Gasteiger partial charge is 0.497 e. The number of rotatable bonds is 3. The van der Waals surface area contributed by atoms with Gasteiger partial charge >= 0.3 is 0 Å². The van der Waals surface area contributed by atoms with Crippen LogP contribution < -0.4 is 14.8 Å². The number of hydrogen-bond acceptors (Lipinski definition) is 3. The predicted molar refractivity (Wildman–Crippen MR) is 170 cm³/mol. The second kappa shape index (κ2) is 13.3. The van der Waals surface area contributed by atoms with Crippen molar-refractivity contribution in [1.82, 2.24) is 4.57 Å². The third kappa shape index (κ3) is 6.93. The number of nitrogens with zero attached hydrogens (tertiary/aromatic N) is 3. The van der Waals surface area contributed by atoms with Crippen LogP contribution in [0.4, 0.5) is 17.1 Å². The van der Waals surface area contributed by atoms with E-state index in [1.807, 2.05) is 98.9 Å². The maximum atomic E-state index is 7.18. The Balaban J connectivity index is 0.000000156. The minimum absolute atomic E-state index is 0.713. The lowest BCUT2D eigenvalue weighted by Crippen LogP contribution is -1.92. The maximum absolute atomic E-state index is 7.18. The number of halogens is 1. The molecule has 4 aromatic carbocycles. The average molecular weight is 605 g/mol. The number of aryl methyl sites for hydroxylation is 2. The van der Waals surface area contributed by atoms with Gasteiger partial charge in [0.25, 0.3) is 0 Å². The Morgan fingerprint density at radius 2 is 1.37 bits per heavy atom. The zero-order valence-corrected chi connectivity index (χ0v) is 24.8. The van der Waals surface area contributed by atoms with Crippen molar-refractivity contribution in [2.45, 2.75) is 13.8 Å². The first-order valence-electron chi connectivity index (χ1n) is 12.7. The van der Waals surface area contributed by atoms with E-state index in [0.717, 1.165) is 60.6 Å². The Kier molecular flexibility index (Phi) is 9.40. The third-order valence-corrected chi connectivity index (χ3v) is 6.98. The Bertz CT molecular complexity index is 1770. The summed E-state index contributed by atoms with van der Waals surface area (Å²) >= 11 is 3.32. The quantitative estimate of drug-likeness (QED) is 0.209. The van der Waals surface area contributed by atoms with E-state index in [0.29, 0.717) is 5.69 Å². The lowest BCUT2D eigenvalue weighted by Gasteiger charge is -2.08. The molecule has 0 unspecified atom stereocenters. The van der Waals surface area contributed by atoms with Crippen molar-refractivity contribution < 1.29 is 9.47 Å². The summed E-state index contributed by atoms with van der Waals surface area (Å²) in [6.07, 6.45) is 6.77. The van der Waals surface area contributed by atoms with Crippen LogP contribution in [0, 0.1) is 33.2 Å². The molecule has 0 fully saturated rings. The zero-order valence-electron chi connectivity index (χ0n) is 23.2. The summed E-state index contributed by atoms with van der Waals surface area (Å²) in [4.78, 5) is 6.97. The average Bonchev–Trinajstić information content (AvgIpc) is 3.63. The molecular formula is C34H28BrN4O2+. The van der Waals surface area contributed by atoms with E-state index in [2.05, 4.69) is 47.8 Å². The van der Waals surface area contributed by atoms with Gasteiger partial charge in [0.1, 0.15) is 29.3 Å². The van der Waals surface area contributed by atoms with E-state index in [1.165, 1.54) is 0 Å². The van der Waals surface area contributed by atoms with Gasteiger partial charge in [0.15, 0.2) is 11.4 Å². The van der Waals surface area contributed by atoms with Crippen molar-refractivity contribution in [3.8, 4) is 17.2 Å². The first-order chi connectivity index (χ1) is 19.9. The summed E-state index contributed by atoms with van der Waals surface area (Å²) in [7, 11) is 3.32. The van der Waals surface area contributed by atoms with Crippen LogP contribution in [-0.4, -0.2) is 18.8 Å². The van der Waals surface area contributed by atoms with Crippen LogP contribution in [0.1, 0.15) is 16.7 Å². The number of aromatic nitrogens is 1. The Labute approximate surface area is 249 Å². The Hall–Kier alpha value is -5.07. The van der Waals surface area contributed by atoms with Crippen LogP contribution in [0.5, 0.6) is 11.5 Å². The second-order valence-corrected chi connectivity index (χ2v) is 10.0. The molecule has 0 amide bonds. The van der Waals surface area contributed by atoms with E-state index >= 15 is 0 Å². The molecule has 202 valence electrons. The van der Waals surface area contributed by atoms with E-state index in [-0.39, 0.29) is 0 Å². The second-order valence-electron chi connectivity index (χ2n) is 9.10. The third-order valence-electron chi connectivity index (χ3n) is 6.45. The maximum Gasteiger partial charge on any atom is 0.206 e. The first kappa shape index (κ1) is 28.9. The molecule has 2 heterocycles. The minimum Gasteiger partial charge on any atom is -0.497 e. The van der Waals surface area contributed by atoms with Crippen LogP contribution in [-0.2, 0) is 0 Å². The number of ether oxygens (including phenoxy) is 2. The van der Waals surface area contributed by atoms with Gasteiger partial charge in [0.05, 0.1) is 32.9 Å². The molecule has 41 heavy (non-hydrogen) atoms. The highest BCUT2D eigenvalue weighted by Gasteiger charge is 2.18. The normalized spacial score (nSPS) is 10.4. The molecule has 5 aromatic rings. The number of benzene rings is 4. The Morgan fingerprint density at radius 1 is 0.780 bits per heavy atom. The number of anilines is 1. The number of methoxy groups -OCH3 is 2. The van der Waals surface area contributed by atoms with Crippen LogP contribution in [0.15, 0.2) is 89.5 Å². The smallest absolute Gasteiger partial charge is 0.206 e. The van der Waals surface area contributed by atoms with Gasteiger partial charge in [-0.05, 0) is 97.1 Å². The summed E-state index contributed by atoms with van der Waals surface area (Å²) in [5.41, 5.74) is 7.72. The van der Waals surface area contributed by atoms with Crippen molar-refractivity contribution in [1.29, 1.82) is 0 Å². The van der Waals surface area contributed by atoms with Gasteiger partial charge in [-0.15, -0.1) is 0 Å². The molecule has 6 rings (SSSR count). The molecule has 0 saturated carbocycles. The van der Waals surface area contributed by atoms with Gasteiger partial charge in [-0.1, -0.05) is 15.9 Å². The molecule has 0 bridgehead atoms. The molecule has 1 N–H and O–H groups in total. The fourth-order valence-electron chi connectivity index (χ4n) is 4.19. The molecule has 0 atom stereocenters. The summed E-state index contributed by atoms with van der Waals surface area (Å²) in [5, 5.41) is 4.06. The molecular weight excluding hydrogens is 576 g/mol. The molecule has 0 radical (unpaired) electrons. The number of nitrogens with one attached hydrogen (secondary N) is 1. The SMILES string of the molecule is COc1ccc(Br)cc1.[C-]#[N+]c1cc2c(cc1C)N[C+]=C2.[C-]#[N+]c1cc2ccn(-c3ccc(OC)cc3)c2cc1C. The fourth-order valence-corrected chi connectivity index (χ4v) is 4.45. The van der Waals surface area contributed by atoms with Crippen LogP contribution in [0.3, 0.4) is 0 Å². The van der Waals surface area contributed by atoms with Gasteiger partial charge in [0.2, 0.25) is 5.69 Å². The zero-order chi connectivity index (χ0) is 29.4. The standard InChI is InChI=1S/C17H14N2O.C10H7N2.C7H7BrO/c1-12-10-17-13(11-16(12)18-2)8-9-19(17)14-4-6-15(20-3)7-5-14;1-7-5-10-8(3-4-12-10)6-9(7)11-2;1-9-7-4-2-6(8)3-5-7/h4-11H,1,3H3;3,5-6,12H,1H3;2-5H,1H3/q;+1;. The molecule has 1 aromatic heterocycles. The van der Waals surface area contributed by atoms with Gasteiger partial charge in [-0.25, -0.2) is 9.69 Å². The fraction of sp³-hybridized carbons (Fsp3) is 0.118. The van der Waals surface area contributed by atoms with Gasteiger partial charge in [0, 0.05) is 28.5 Å². The molecule has 6 nitrogen and oxygen atoms in total. The van der Waals surface area contributed by atoms with E-state index in [1.54, 1.807) is 14.2 Å². The predicted octanol–water partition coefficient (Wildman–Crippen LogP) is 9.70. The lowest BCUT2D eigenvalue weighted by atomic mass is 10.1. The topological polar surface area (TPSA) is 44.1 Å². The molecule has 1 aliphatic rings. The highest BCUT2D eigenvalue weighted by Crippen LogP contribution is 2.31. The molecule has 0 saturated heterocycles. The minimum atomic E-state index is 0.713. The highest BCUT2D eigenvalue weighted by molar-refractivity contribution is 9.10. The van der Waals surface area contributed by atoms with Crippen molar-refractivity contribution in [3.05, 3.63) is 135 Å². The number of hydrogen-bond donors (Lipinski definition) is 1. The van der Waals surface area contributed by atoms with Crippen molar-refractivity contribution >= 4 is 50.0 Å². The van der Waals surface area contributed by atoms with Crippen molar-refractivity contribution in [2.75, 3.05) is 19.5 Å². The summed E-state index contributed by atoms with van der Waals surface area (Å²) in [6, 6.07) is 25.5. The van der Waals surface area contributed by atoms with Gasteiger partial charge in [-0.3, -0.25) is 0 Å². The summed E-state index contributed by atoms with van der Waals surface area (Å²) in [5.74, 6) is 1.73. The monoisotopic (exact) mass is 603 g/mol. The first-order valence-corrected chi connectivity index (χ1v) is 13.5. The highest BCUT2D eigenvalue weighted by atomic mass is 79.9. The van der Waals surface area contributed by atoms with E-state index in [4.69, 9.17) is 22.6 Å². The van der Waals surface area contributed by atoms with Gasteiger partial charge < -0.3 is 14.0 Å². The van der Waals surface area contributed by atoms with Gasteiger partial charge in [-0.2, -0.15) is 5.32 Å². The van der Waals surface area contributed by atoms with Crippen LogP contribution >= 0.6 is 15.9 Å². The summed E-state index contributed by atoms with van der Waals surface area (Å²) < 4.78 is 13.3. The van der Waals surface area contributed by atoms with Crippen molar-refractivity contribution in [2.24, 2.45) is 0 Å². The molecule has 0 aliphatic carbocycles. The lowest BCUT2D eigenvalue weighted by molar-refractivity contribution is 0.414. The molecule has 7 heteroatoms.